The largest absolute Gasteiger partial charge is 0.490 e. The standard InChI is InChI=1S/C21H23N3O5S/c1-28-10-11-29-19-7-6-15(12-20(19)30(22,26)27)8-9-23-21(25)17-13-16-4-2-3-5-18(16)24-14-17/h2-7,12-14H,8-11H2,1H3,(H,23,25)(H2,22,26,27). The summed E-state index contributed by atoms with van der Waals surface area (Å²) in [6.45, 7) is 0.843. The minimum atomic E-state index is -3.96. The highest BCUT2D eigenvalue weighted by molar-refractivity contribution is 7.89. The molecule has 1 aromatic heterocycles. The number of primary sulfonamides is 1. The van der Waals surface area contributed by atoms with Gasteiger partial charge in [-0.2, -0.15) is 0 Å². The number of benzene rings is 2. The van der Waals surface area contributed by atoms with E-state index in [4.69, 9.17) is 14.6 Å². The summed E-state index contributed by atoms with van der Waals surface area (Å²) in [7, 11) is -2.44. The number of sulfonamides is 1. The number of amides is 1. The van der Waals surface area contributed by atoms with E-state index >= 15 is 0 Å². The van der Waals surface area contributed by atoms with Crippen LogP contribution in [0, 0.1) is 0 Å². The molecule has 0 fully saturated rings. The van der Waals surface area contributed by atoms with E-state index in [1.807, 2.05) is 24.3 Å². The van der Waals surface area contributed by atoms with Crippen molar-refractivity contribution in [2.24, 2.45) is 5.14 Å². The number of nitrogens with one attached hydrogen (secondary N) is 1. The molecule has 30 heavy (non-hydrogen) atoms. The van der Waals surface area contributed by atoms with Gasteiger partial charge >= 0.3 is 0 Å². The van der Waals surface area contributed by atoms with Crippen molar-refractivity contribution < 1.29 is 22.7 Å². The third-order valence-electron chi connectivity index (χ3n) is 4.41. The van der Waals surface area contributed by atoms with Gasteiger partial charge in [0.05, 0.1) is 17.7 Å². The van der Waals surface area contributed by atoms with Crippen LogP contribution in [0.3, 0.4) is 0 Å². The Balaban J connectivity index is 1.65. The minimum absolute atomic E-state index is 0.0961. The number of rotatable bonds is 9. The van der Waals surface area contributed by atoms with Crippen LogP contribution in [0.15, 0.2) is 59.6 Å². The molecule has 3 rings (SSSR count). The average molecular weight is 429 g/mol. The van der Waals surface area contributed by atoms with Crippen LogP contribution in [-0.4, -0.2) is 46.2 Å². The Morgan fingerprint density at radius 2 is 1.93 bits per heavy atom. The van der Waals surface area contributed by atoms with Crippen molar-refractivity contribution in [3.8, 4) is 5.75 Å². The number of para-hydroxylation sites is 1. The number of methoxy groups -OCH3 is 1. The lowest BCUT2D eigenvalue weighted by Gasteiger charge is -2.12. The normalized spacial score (nSPS) is 11.4. The molecule has 0 saturated carbocycles. The lowest BCUT2D eigenvalue weighted by Crippen LogP contribution is -2.26. The summed E-state index contributed by atoms with van der Waals surface area (Å²) in [6.07, 6.45) is 1.95. The number of aromatic nitrogens is 1. The Labute approximate surface area is 175 Å². The fourth-order valence-electron chi connectivity index (χ4n) is 2.90. The van der Waals surface area contributed by atoms with Crippen LogP contribution in [0.5, 0.6) is 5.75 Å². The molecule has 0 aliphatic heterocycles. The molecule has 0 saturated heterocycles. The number of hydrogen-bond donors (Lipinski definition) is 2. The molecule has 0 aliphatic rings. The molecule has 9 heteroatoms. The molecule has 8 nitrogen and oxygen atoms in total. The molecule has 3 aromatic rings. The van der Waals surface area contributed by atoms with Crippen LogP contribution >= 0.6 is 0 Å². The van der Waals surface area contributed by atoms with E-state index in [-0.39, 0.29) is 23.2 Å². The zero-order chi connectivity index (χ0) is 21.6. The van der Waals surface area contributed by atoms with Gasteiger partial charge in [-0.3, -0.25) is 9.78 Å². The Hall–Kier alpha value is -3.01. The first-order valence-corrected chi connectivity index (χ1v) is 10.8. The average Bonchev–Trinajstić information content (AvgIpc) is 2.73. The van der Waals surface area contributed by atoms with E-state index in [0.29, 0.717) is 30.7 Å². The zero-order valence-electron chi connectivity index (χ0n) is 16.5. The molecule has 0 unspecified atom stereocenters. The predicted molar refractivity (Wildman–Crippen MR) is 113 cm³/mol. The summed E-state index contributed by atoms with van der Waals surface area (Å²) in [5, 5.41) is 9.01. The van der Waals surface area contributed by atoms with Gasteiger partial charge < -0.3 is 14.8 Å². The van der Waals surface area contributed by atoms with Gasteiger partial charge in [0.2, 0.25) is 10.0 Å². The molecular formula is C21H23N3O5S. The van der Waals surface area contributed by atoms with Crippen molar-refractivity contribution in [3.63, 3.8) is 0 Å². The topological polar surface area (TPSA) is 121 Å². The third-order valence-corrected chi connectivity index (χ3v) is 5.34. The van der Waals surface area contributed by atoms with Gasteiger partial charge in [-0.1, -0.05) is 24.3 Å². The number of nitrogens with two attached hydrogens (primary N) is 1. The Kier molecular flexibility index (Phi) is 6.99. The van der Waals surface area contributed by atoms with Crippen molar-refractivity contribution >= 4 is 26.8 Å². The fraction of sp³-hybridized carbons (Fsp3) is 0.238. The monoisotopic (exact) mass is 429 g/mol. The summed E-state index contributed by atoms with van der Waals surface area (Å²) < 4.78 is 34.1. The SMILES string of the molecule is COCCOc1ccc(CCNC(=O)c2cnc3ccccc3c2)cc1S(N)(=O)=O. The number of carbonyl (C=O) groups excluding carboxylic acids is 1. The maximum absolute atomic E-state index is 12.4. The van der Waals surface area contributed by atoms with Gasteiger partial charge in [-0.25, -0.2) is 13.6 Å². The van der Waals surface area contributed by atoms with Crippen LogP contribution in [0.25, 0.3) is 10.9 Å². The molecular weight excluding hydrogens is 406 g/mol. The summed E-state index contributed by atoms with van der Waals surface area (Å²) in [5.41, 5.74) is 1.98. The number of nitrogens with zero attached hydrogens (tertiary/aromatic N) is 1. The van der Waals surface area contributed by atoms with Crippen molar-refractivity contribution in [3.05, 3.63) is 65.9 Å². The summed E-state index contributed by atoms with van der Waals surface area (Å²) >= 11 is 0. The molecule has 0 bridgehead atoms. The van der Waals surface area contributed by atoms with Crippen LogP contribution in [0.1, 0.15) is 15.9 Å². The first kappa shape index (κ1) is 21.7. The maximum atomic E-state index is 12.4. The highest BCUT2D eigenvalue weighted by Gasteiger charge is 2.16. The maximum Gasteiger partial charge on any atom is 0.252 e. The van der Waals surface area contributed by atoms with E-state index in [2.05, 4.69) is 10.3 Å². The van der Waals surface area contributed by atoms with E-state index in [1.165, 1.54) is 19.4 Å². The highest BCUT2D eigenvalue weighted by atomic mass is 32.2. The van der Waals surface area contributed by atoms with Crippen LogP contribution in [-0.2, 0) is 21.2 Å². The van der Waals surface area contributed by atoms with Gasteiger partial charge in [0, 0.05) is 25.2 Å². The predicted octanol–water partition coefficient (Wildman–Crippen LogP) is 1.88. The number of ether oxygens (including phenoxy) is 2. The first-order valence-electron chi connectivity index (χ1n) is 9.29. The number of fused-ring (bicyclic) bond motifs is 1. The lowest BCUT2D eigenvalue weighted by molar-refractivity contribution is 0.0954. The van der Waals surface area contributed by atoms with Crippen LogP contribution < -0.4 is 15.2 Å². The van der Waals surface area contributed by atoms with Crippen molar-refractivity contribution in [2.75, 3.05) is 26.9 Å². The Bertz CT molecular complexity index is 1150. The summed E-state index contributed by atoms with van der Waals surface area (Å²) in [4.78, 5) is 16.6. The lowest BCUT2D eigenvalue weighted by atomic mass is 10.1. The molecule has 0 radical (unpaired) electrons. The molecule has 3 N–H and O–H groups in total. The van der Waals surface area contributed by atoms with Crippen molar-refractivity contribution in [1.82, 2.24) is 10.3 Å². The minimum Gasteiger partial charge on any atom is -0.490 e. The van der Waals surface area contributed by atoms with Gasteiger partial charge in [0.15, 0.2) is 0 Å². The molecule has 0 spiro atoms. The van der Waals surface area contributed by atoms with Crippen molar-refractivity contribution in [1.29, 1.82) is 0 Å². The third kappa shape index (κ3) is 5.53. The fourth-order valence-corrected chi connectivity index (χ4v) is 3.63. The van der Waals surface area contributed by atoms with Crippen LogP contribution in [0.4, 0.5) is 0 Å². The van der Waals surface area contributed by atoms with Gasteiger partial charge in [0.1, 0.15) is 17.3 Å². The molecule has 2 aromatic carbocycles. The molecule has 1 amide bonds. The van der Waals surface area contributed by atoms with Gasteiger partial charge in [0.25, 0.3) is 5.91 Å². The number of carbonyl (C=O) groups is 1. The smallest absolute Gasteiger partial charge is 0.252 e. The second kappa shape index (κ2) is 9.66. The number of pyridine rings is 1. The van der Waals surface area contributed by atoms with Crippen molar-refractivity contribution in [2.45, 2.75) is 11.3 Å². The Morgan fingerprint density at radius 1 is 1.13 bits per heavy atom. The molecule has 0 aliphatic carbocycles. The zero-order valence-corrected chi connectivity index (χ0v) is 17.3. The van der Waals surface area contributed by atoms with E-state index < -0.39 is 10.0 Å². The molecule has 0 atom stereocenters. The van der Waals surface area contributed by atoms with E-state index in [1.54, 1.807) is 18.2 Å². The van der Waals surface area contributed by atoms with E-state index in [9.17, 15) is 13.2 Å². The quantitative estimate of drug-likeness (QED) is 0.501. The Morgan fingerprint density at radius 3 is 2.70 bits per heavy atom. The molecule has 158 valence electrons. The second-order valence-corrected chi connectivity index (χ2v) is 8.12. The number of hydrogen-bond acceptors (Lipinski definition) is 6. The van der Waals surface area contributed by atoms with Crippen LogP contribution in [0.2, 0.25) is 0 Å². The summed E-state index contributed by atoms with van der Waals surface area (Å²) in [6, 6.07) is 14.1. The van der Waals surface area contributed by atoms with Gasteiger partial charge in [-0.15, -0.1) is 0 Å². The molecule has 1 heterocycles. The second-order valence-electron chi connectivity index (χ2n) is 6.59. The van der Waals surface area contributed by atoms with Gasteiger partial charge in [-0.05, 0) is 36.2 Å². The summed E-state index contributed by atoms with van der Waals surface area (Å²) in [5.74, 6) is -0.0796. The highest BCUT2D eigenvalue weighted by Crippen LogP contribution is 2.24. The van der Waals surface area contributed by atoms with E-state index in [0.717, 1.165) is 10.9 Å². The first-order chi connectivity index (χ1) is 14.4.